The van der Waals surface area contributed by atoms with E-state index in [-0.39, 0.29) is 0 Å². The third-order valence-corrected chi connectivity index (χ3v) is 1.77. The fraction of sp³-hybridized carbons (Fsp3) is 0.400. The third kappa shape index (κ3) is 2.76. The fourth-order valence-corrected chi connectivity index (χ4v) is 1.14. The van der Waals surface area contributed by atoms with E-state index in [0.29, 0.717) is 0 Å². The predicted molar refractivity (Wildman–Crippen MR) is 46.2 cm³/mol. The normalized spacial score (nSPS) is 21.2. The molecule has 0 unspecified atom stereocenters. The van der Waals surface area contributed by atoms with Crippen LogP contribution in [0.4, 0.5) is 13.2 Å². The summed E-state index contributed by atoms with van der Waals surface area (Å²) in [6.45, 7) is 3.48. The van der Waals surface area contributed by atoms with Crippen molar-refractivity contribution in [2.75, 3.05) is 0 Å². The van der Waals surface area contributed by atoms with Gasteiger partial charge in [-0.25, -0.2) is 0 Å². The van der Waals surface area contributed by atoms with Crippen LogP contribution in [0.1, 0.15) is 13.8 Å². The first kappa shape index (κ1) is 10.1. The molecule has 0 nitrogen and oxygen atoms in total. The van der Waals surface area contributed by atoms with Gasteiger partial charge in [0.05, 0.1) is 5.57 Å². The number of alkyl halides is 3. The number of hydrogen-bond acceptors (Lipinski definition) is 0. The summed E-state index contributed by atoms with van der Waals surface area (Å²) in [6.07, 6.45) is 2.85. The molecule has 0 bridgehead atoms. The Hall–Kier alpha value is -0.990. The van der Waals surface area contributed by atoms with E-state index < -0.39 is 17.2 Å². The van der Waals surface area contributed by atoms with E-state index in [2.05, 4.69) is 0 Å². The number of rotatable bonds is 0. The van der Waals surface area contributed by atoms with Crippen molar-refractivity contribution in [3.63, 3.8) is 0 Å². The monoisotopic (exact) mass is 188 g/mol. The maximum atomic E-state index is 12.3. The van der Waals surface area contributed by atoms with Crippen molar-refractivity contribution < 1.29 is 13.2 Å². The van der Waals surface area contributed by atoms with Crippen molar-refractivity contribution in [1.29, 1.82) is 0 Å². The lowest BCUT2D eigenvalue weighted by molar-refractivity contribution is -0.0888. The molecular weight excluding hydrogens is 177 g/mol. The molecule has 13 heavy (non-hydrogen) atoms. The first-order chi connectivity index (χ1) is 5.81. The second-order valence-corrected chi connectivity index (χ2v) is 3.64. The van der Waals surface area contributed by atoms with Gasteiger partial charge in [0.15, 0.2) is 0 Å². The van der Waals surface area contributed by atoms with Gasteiger partial charge in [0.25, 0.3) is 0 Å². The molecule has 3 heteroatoms. The number of halogens is 3. The highest BCUT2D eigenvalue weighted by Crippen LogP contribution is 2.33. The van der Waals surface area contributed by atoms with Gasteiger partial charge in [-0.3, -0.25) is 0 Å². The molecule has 0 fully saturated rings. The molecule has 0 amide bonds. The van der Waals surface area contributed by atoms with Crippen LogP contribution in [-0.4, -0.2) is 6.18 Å². The lowest BCUT2D eigenvalue weighted by atomic mass is 9.91. The summed E-state index contributed by atoms with van der Waals surface area (Å²) in [6, 6.07) is 0. The van der Waals surface area contributed by atoms with E-state index in [4.69, 9.17) is 0 Å². The zero-order chi connectivity index (χ0) is 10.1. The van der Waals surface area contributed by atoms with E-state index in [1.807, 2.05) is 0 Å². The summed E-state index contributed by atoms with van der Waals surface area (Å²) in [5, 5.41) is 0. The summed E-state index contributed by atoms with van der Waals surface area (Å²) in [4.78, 5) is 0. The van der Waals surface area contributed by atoms with Crippen molar-refractivity contribution in [2.45, 2.75) is 20.0 Å². The van der Waals surface area contributed by atoms with Gasteiger partial charge in [0.1, 0.15) is 0 Å². The van der Waals surface area contributed by atoms with Crippen LogP contribution >= 0.6 is 0 Å². The van der Waals surface area contributed by atoms with Gasteiger partial charge in [0.2, 0.25) is 0 Å². The molecule has 0 aromatic carbocycles. The SMILES string of the molecule is CC1(C)C=CC=CC(C(F)(F)F)=C1. The van der Waals surface area contributed by atoms with Crippen molar-refractivity contribution in [2.24, 2.45) is 5.41 Å². The molecule has 0 aromatic rings. The van der Waals surface area contributed by atoms with Crippen LogP contribution in [0, 0.1) is 5.41 Å². The molecule has 0 aliphatic heterocycles. The Morgan fingerprint density at radius 1 is 1.15 bits per heavy atom. The molecule has 0 heterocycles. The molecular formula is C10H11F3. The Labute approximate surface area is 75.4 Å². The first-order valence-corrected chi connectivity index (χ1v) is 3.97. The molecule has 0 spiro atoms. The average Bonchev–Trinajstić information content (AvgIpc) is 2.08. The fourth-order valence-electron chi connectivity index (χ4n) is 1.14. The highest BCUT2D eigenvalue weighted by Gasteiger charge is 2.33. The van der Waals surface area contributed by atoms with Gasteiger partial charge in [-0.15, -0.1) is 0 Å². The molecule has 72 valence electrons. The van der Waals surface area contributed by atoms with Crippen molar-refractivity contribution >= 4 is 0 Å². The summed E-state index contributed by atoms with van der Waals surface area (Å²) < 4.78 is 37.0. The van der Waals surface area contributed by atoms with E-state index in [1.165, 1.54) is 12.2 Å². The molecule has 0 radical (unpaired) electrons. The minimum absolute atomic E-state index is 0.533. The maximum absolute atomic E-state index is 12.3. The second-order valence-electron chi connectivity index (χ2n) is 3.64. The van der Waals surface area contributed by atoms with Crippen LogP contribution < -0.4 is 0 Å². The second kappa shape index (κ2) is 3.05. The van der Waals surface area contributed by atoms with Crippen molar-refractivity contribution in [1.82, 2.24) is 0 Å². The van der Waals surface area contributed by atoms with E-state index in [9.17, 15) is 13.2 Å². The van der Waals surface area contributed by atoms with E-state index in [0.717, 1.165) is 6.08 Å². The van der Waals surface area contributed by atoms with Gasteiger partial charge in [-0.05, 0) is 0 Å². The van der Waals surface area contributed by atoms with Crippen LogP contribution in [0.2, 0.25) is 0 Å². The number of allylic oxidation sites excluding steroid dienone is 6. The van der Waals surface area contributed by atoms with Crippen LogP contribution in [0.15, 0.2) is 36.0 Å². The van der Waals surface area contributed by atoms with Crippen molar-refractivity contribution in [3.8, 4) is 0 Å². The Morgan fingerprint density at radius 3 is 2.31 bits per heavy atom. The van der Waals surface area contributed by atoms with Gasteiger partial charge in [-0.2, -0.15) is 13.2 Å². The van der Waals surface area contributed by atoms with Crippen molar-refractivity contribution in [3.05, 3.63) is 36.0 Å². The molecule has 0 aromatic heterocycles. The quantitative estimate of drug-likeness (QED) is 0.544. The van der Waals surface area contributed by atoms with Gasteiger partial charge >= 0.3 is 6.18 Å². The van der Waals surface area contributed by atoms with Gasteiger partial charge in [-0.1, -0.05) is 44.2 Å². The molecule has 0 atom stereocenters. The minimum atomic E-state index is -4.25. The van der Waals surface area contributed by atoms with Gasteiger partial charge < -0.3 is 0 Å². The number of hydrogen-bond donors (Lipinski definition) is 0. The smallest absolute Gasteiger partial charge is 0.166 e. The van der Waals surface area contributed by atoms with Crippen LogP contribution in [-0.2, 0) is 0 Å². The van der Waals surface area contributed by atoms with E-state index >= 15 is 0 Å². The van der Waals surface area contributed by atoms with Crippen LogP contribution in [0.5, 0.6) is 0 Å². The predicted octanol–water partition coefficient (Wildman–Crippen LogP) is 3.63. The molecule has 1 rings (SSSR count). The summed E-state index contributed by atoms with van der Waals surface area (Å²) in [5.41, 5.74) is -1.11. The van der Waals surface area contributed by atoms with Crippen LogP contribution in [0.25, 0.3) is 0 Å². The summed E-state index contributed by atoms with van der Waals surface area (Å²) in [7, 11) is 0. The summed E-state index contributed by atoms with van der Waals surface area (Å²) >= 11 is 0. The highest BCUT2D eigenvalue weighted by molar-refractivity contribution is 5.33. The Bertz CT molecular complexity index is 277. The third-order valence-electron chi connectivity index (χ3n) is 1.77. The zero-order valence-corrected chi connectivity index (χ0v) is 7.52. The largest absolute Gasteiger partial charge is 0.416 e. The van der Waals surface area contributed by atoms with E-state index in [1.54, 1.807) is 26.0 Å². The van der Waals surface area contributed by atoms with Crippen LogP contribution in [0.3, 0.4) is 0 Å². The Kier molecular flexibility index (Phi) is 2.37. The Morgan fingerprint density at radius 2 is 1.77 bits per heavy atom. The molecule has 0 saturated carbocycles. The summed E-state index contributed by atoms with van der Waals surface area (Å²) in [5.74, 6) is 0. The molecule has 0 saturated heterocycles. The lowest BCUT2D eigenvalue weighted by Gasteiger charge is -2.16. The zero-order valence-electron chi connectivity index (χ0n) is 7.52. The first-order valence-electron chi connectivity index (χ1n) is 3.97. The average molecular weight is 188 g/mol. The minimum Gasteiger partial charge on any atom is -0.166 e. The maximum Gasteiger partial charge on any atom is 0.416 e. The van der Waals surface area contributed by atoms with Gasteiger partial charge in [0, 0.05) is 5.41 Å². The highest BCUT2D eigenvalue weighted by atomic mass is 19.4. The Balaban J connectivity index is 3.06. The molecule has 0 N–H and O–H groups in total. The molecule has 1 aliphatic carbocycles. The molecule has 1 aliphatic rings. The standard InChI is InChI=1S/C10H11F3/c1-9(2)6-4-3-5-8(7-9)10(11,12)13/h3-7H,1-2H3. The lowest BCUT2D eigenvalue weighted by Crippen LogP contribution is -2.13. The topological polar surface area (TPSA) is 0 Å².